The van der Waals surface area contributed by atoms with Gasteiger partial charge in [0.05, 0.1) is 5.54 Å². The molecule has 0 bridgehead atoms. The summed E-state index contributed by atoms with van der Waals surface area (Å²) in [6.45, 7) is 0. The van der Waals surface area contributed by atoms with Gasteiger partial charge in [0.1, 0.15) is 5.75 Å². The Balaban J connectivity index is 1.87. The van der Waals surface area contributed by atoms with Crippen molar-refractivity contribution < 1.29 is 9.63 Å². The van der Waals surface area contributed by atoms with E-state index in [-0.39, 0.29) is 5.75 Å². The Morgan fingerprint density at radius 2 is 1.70 bits per heavy atom. The number of rotatable bonds is 2. The standard InChI is InChI=1S/C15H19N3O2/c16-15(9-3-1-2-4-10-15)14-17-13(18-20-14)11-5-7-12(19)8-6-11/h5-8,19H,1-4,9-10,16H2. The van der Waals surface area contributed by atoms with Gasteiger partial charge in [-0.1, -0.05) is 30.8 Å². The maximum absolute atomic E-state index is 9.30. The van der Waals surface area contributed by atoms with Crippen molar-refractivity contribution in [3.63, 3.8) is 0 Å². The molecule has 1 fully saturated rings. The van der Waals surface area contributed by atoms with Gasteiger partial charge in [-0.05, 0) is 37.1 Å². The highest BCUT2D eigenvalue weighted by molar-refractivity contribution is 5.55. The molecule has 1 aliphatic carbocycles. The van der Waals surface area contributed by atoms with Crippen molar-refractivity contribution in [1.29, 1.82) is 0 Å². The second-order valence-corrected chi connectivity index (χ2v) is 5.54. The van der Waals surface area contributed by atoms with Crippen LogP contribution in [-0.2, 0) is 5.54 Å². The molecule has 2 aromatic rings. The molecule has 3 N–H and O–H groups in total. The van der Waals surface area contributed by atoms with Crippen LogP contribution in [0.1, 0.15) is 44.4 Å². The first-order valence-corrected chi connectivity index (χ1v) is 7.10. The summed E-state index contributed by atoms with van der Waals surface area (Å²) in [6.07, 6.45) is 6.44. The van der Waals surface area contributed by atoms with Crippen LogP contribution in [0, 0.1) is 0 Å². The van der Waals surface area contributed by atoms with Crippen molar-refractivity contribution in [3.8, 4) is 17.1 Å². The minimum absolute atomic E-state index is 0.219. The van der Waals surface area contributed by atoms with Crippen LogP contribution >= 0.6 is 0 Å². The molecule has 0 spiro atoms. The Bertz CT molecular complexity index is 569. The summed E-state index contributed by atoms with van der Waals surface area (Å²) in [4.78, 5) is 4.46. The van der Waals surface area contributed by atoms with Gasteiger partial charge in [-0.3, -0.25) is 0 Å². The van der Waals surface area contributed by atoms with E-state index in [2.05, 4.69) is 10.1 Å². The first kappa shape index (κ1) is 13.1. The maximum atomic E-state index is 9.30. The average Bonchev–Trinajstić information content (AvgIpc) is 2.84. The molecule has 0 saturated heterocycles. The van der Waals surface area contributed by atoms with Crippen LogP contribution in [0.5, 0.6) is 5.75 Å². The number of benzene rings is 1. The van der Waals surface area contributed by atoms with Crippen LogP contribution in [-0.4, -0.2) is 15.2 Å². The molecular weight excluding hydrogens is 254 g/mol. The van der Waals surface area contributed by atoms with E-state index in [1.165, 1.54) is 12.8 Å². The average molecular weight is 273 g/mol. The molecule has 5 nitrogen and oxygen atoms in total. The quantitative estimate of drug-likeness (QED) is 0.822. The van der Waals surface area contributed by atoms with Crippen molar-refractivity contribution in [2.75, 3.05) is 0 Å². The largest absolute Gasteiger partial charge is 0.508 e. The van der Waals surface area contributed by atoms with E-state index in [9.17, 15) is 5.11 Å². The highest BCUT2D eigenvalue weighted by Crippen LogP contribution is 2.33. The van der Waals surface area contributed by atoms with Gasteiger partial charge >= 0.3 is 0 Å². The van der Waals surface area contributed by atoms with Crippen LogP contribution in [0.15, 0.2) is 28.8 Å². The Hall–Kier alpha value is -1.88. The highest BCUT2D eigenvalue weighted by atomic mass is 16.5. The summed E-state index contributed by atoms with van der Waals surface area (Å²) in [5, 5.41) is 13.3. The molecule has 0 radical (unpaired) electrons. The molecule has 20 heavy (non-hydrogen) atoms. The third kappa shape index (κ3) is 2.54. The minimum Gasteiger partial charge on any atom is -0.508 e. The van der Waals surface area contributed by atoms with E-state index in [1.54, 1.807) is 24.3 Å². The van der Waals surface area contributed by atoms with Gasteiger partial charge in [0.2, 0.25) is 11.7 Å². The number of aromatic nitrogens is 2. The van der Waals surface area contributed by atoms with Crippen molar-refractivity contribution in [2.45, 2.75) is 44.1 Å². The number of hydrogen-bond donors (Lipinski definition) is 2. The van der Waals surface area contributed by atoms with Crippen LogP contribution in [0.25, 0.3) is 11.4 Å². The van der Waals surface area contributed by atoms with Crippen molar-refractivity contribution in [3.05, 3.63) is 30.2 Å². The van der Waals surface area contributed by atoms with Crippen LogP contribution in [0.4, 0.5) is 0 Å². The van der Waals surface area contributed by atoms with Gasteiger partial charge < -0.3 is 15.4 Å². The molecule has 0 atom stereocenters. The lowest BCUT2D eigenvalue weighted by molar-refractivity contribution is 0.257. The summed E-state index contributed by atoms with van der Waals surface area (Å²) in [7, 11) is 0. The monoisotopic (exact) mass is 273 g/mol. The molecule has 1 aliphatic rings. The lowest BCUT2D eigenvalue weighted by Crippen LogP contribution is -2.36. The van der Waals surface area contributed by atoms with Gasteiger partial charge in [0, 0.05) is 5.56 Å². The molecular formula is C15H19N3O2. The van der Waals surface area contributed by atoms with Crippen molar-refractivity contribution in [2.24, 2.45) is 5.73 Å². The first-order chi connectivity index (χ1) is 9.67. The number of nitrogens with two attached hydrogens (primary N) is 1. The smallest absolute Gasteiger partial charge is 0.247 e. The second kappa shape index (κ2) is 5.25. The molecule has 5 heteroatoms. The molecule has 3 rings (SSSR count). The maximum Gasteiger partial charge on any atom is 0.247 e. The van der Waals surface area contributed by atoms with Crippen LogP contribution in [0.2, 0.25) is 0 Å². The third-order valence-corrected chi connectivity index (χ3v) is 3.97. The van der Waals surface area contributed by atoms with Gasteiger partial charge in [0.25, 0.3) is 0 Å². The first-order valence-electron chi connectivity index (χ1n) is 7.10. The minimum atomic E-state index is -0.487. The number of nitrogens with zero attached hydrogens (tertiary/aromatic N) is 2. The molecule has 1 saturated carbocycles. The Morgan fingerprint density at radius 1 is 1.05 bits per heavy atom. The molecule has 0 unspecified atom stereocenters. The SMILES string of the molecule is NC1(c2nc(-c3ccc(O)cc3)no2)CCCCCC1. The van der Waals surface area contributed by atoms with Crippen LogP contribution in [0.3, 0.4) is 0 Å². The zero-order valence-corrected chi connectivity index (χ0v) is 11.4. The predicted octanol–water partition coefficient (Wildman–Crippen LogP) is 2.95. The molecule has 0 amide bonds. The van der Waals surface area contributed by atoms with E-state index in [4.69, 9.17) is 10.3 Å². The van der Waals surface area contributed by atoms with Gasteiger partial charge in [-0.25, -0.2) is 0 Å². The second-order valence-electron chi connectivity index (χ2n) is 5.54. The number of aromatic hydroxyl groups is 1. The predicted molar refractivity (Wildman–Crippen MR) is 75.0 cm³/mol. The van der Waals surface area contributed by atoms with E-state index in [0.29, 0.717) is 11.7 Å². The number of phenols is 1. The van der Waals surface area contributed by atoms with Gasteiger partial charge in [-0.2, -0.15) is 4.98 Å². The summed E-state index contributed by atoms with van der Waals surface area (Å²) in [5.41, 5.74) is 6.79. The normalized spacial score (nSPS) is 18.6. The lowest BCUT2D eigenvalue weighted by atomic mass is 9.91. The van der Waals surface area contributed by atoms with Gasteiger partial charge in [0.15, 0.2) is 0 Å². The number of hydrogen-bond acceptors (Lipinski definition) is 5. The van der Waals surface area contributed by atoms with Crippen molar-refractivity contribution >= 4 is 0 Å². The van der Waals surface area contributed by atoms with E-state index in [0.717, 1.165) is 31.2 Å². The topological polar surface area (TPSA) is 85.2 Å². The summed E-state index contributed by atoms with van der Waals surface area (Å²) in [5.74, 6) is 1.27. The van der Waals surface area contributed by atoms with Crippen LogP contribution < -0.4 is 5.73 Å². The Morgan fingerprint density at radius 3 is 2.35 bits per heavy atom. The fraction of sp³-hybridized carbons (Fsp3) is 0.467. The Kier molecular flexibility index (Phi) is 3.44. The van der Waals surface area contributed by atoms with E-state index >= 15 is 0 Å². The Labute approximate surface area is 117 Å². The summed E-state index contributed by atoms with van der Waals surface area (Å²) >= 11 is 0. The zero-order chi connectivity index (χ0) is 14.0. The molecule has 0 aliphatic heterocycles. The summed E-state index contributed by atoms with van der Waals surface area (Å²) in [6, 6.07) is 6.74. The van der Waals surface area contributed by atoms with Gasteiger partial charge in [-0.15, -0.1) is 0 Å². The highest BCUT2D eigenvalue weighted by Gasteiger charge is 2.34. The molecule has 1 heterocycles. The lowest BCUT2D eigenvalue weighted by Gasteiger charge is -2.22. The molecule has 106 valence electrons. The summed E-state index contributed by atoms with van der Waals surface area (Å²) < 4.78 is 5.40. The molecule has 1 aromatic heterocycles. The zero-order valence-electron chi connectivity index (χ0n) is 11.4. The van der Waals surface area contributed by atoms with E-state index < -0.39 is 5.54 Å². The fourth-order valence-corrected chi connectivity index (χ4v) is 2.73. The third-order valence-electron chi connectivity index (χ3n) is 3.97. The fourth-order valence-electron chi connectivity index (χ4n) is 2.73. The van der Waals surface area contributed by atoms with Crippen molar-refractivity contribution in [1.82, 2.24) is 10.1 Å². The number of phenolic OH excluding ortho intramolecular Hbond substituents is 1. The van der Waals surface area contributed by atoms with E-state index in [1.807, 2.05) is 0 Å². The molecule has 1 aromatic carbocycles.